The van der Waals surface area contributed by atoms with Crippen molar-refractivity contribution in [3.05, 3.63) is 75.9 Å². The topological polar surface area (TPSA) is 0 Å². The van der Waals surface area contributed by atoms with Crippen LogP contribution in [0.2, 0.25) is 0 Å². The summed E-state index contributed by atoms with van der Waals surface area (Å²) in [6.07, 6.45) is 12.8. The van der Waals surface area contributed by atoms with E-state index in [9.17, 15) is 4.39 Å². The largest absolute Gasteiger partial charge is 0.206 e. The fourth-order valence-electron chi connectivity index (χ4n) is 5.40. The highest BCUT2D eigenvalue weighted by Crippen LogP contribution is 2.39. The number of allylic oxidation sites excluding steroid dienone is 2. The lowest BCUT2D eigenvalue weighted by Crippen LogP contribution is -2.14. The molecule has 0 N–H and O–H groups in total. The monoisotopic (exact) mass is 408 g/mol. The van der Waals surface area contributed by atoms with Gasteiger partial charge in [-0.05, 0) is 90.7 Å². The van der Waals surface area contributed by atoms with Crippen LogP contribution in [0.3, 0.4) is 0 Å². The highest BCUT2D eigenvalue weighted by atomic mass is 19.1. The Kier molecular flexibility index (Phi) is 6.71. The van der Waals surface area contributed by atoms with E-state index in [1.807, 2.05) is 31.2 Å². The second kappa shape index (κ2) is 9.45. The molecule has 0 bridgehead atoms. The molecule has 4 rings (SSSR count). The van der Waals surface area contributed by atoms with Crippen molar-refractivity contribution in [2.24, 2.45) is 5.92 Å². The van der Waals surface area contributed by atoms with E-state index < -0.39 is 0 Å². The molecule has 0 aromatic heterocycles. The van der Waals surface area contributed by atoms with E-state index in [1.165, 1.54) is 44.9 Å². The van der Waals surface area contributed by atoms with Gasteiger partial charge in [0, 0.05) is 5.56 Å². The number of benzene rings is 2. The van der Waals surface area contributed by atoms with Gasteiger partial charge in [-0.3, -0.25) is 0 Å². The van der Waals surface area contributed by atoms with Crippen molar-refractivity contribution in [3.8, 4) is 0 Å². The van der Waals surface area contributed by atoms with Gasteiger partial charge in [-0.1, -0.05) is 63.5 Å². The summed E-state index contributed by atoms with van der Waals surface area (Å²) in [7, 11) is 0. The van der Waals surface area contributed by atoms with Crippen LogP contribution in [0, 0.1) is 17.6 Å². The third-order valence-corrected chi connectivity index (χ3v) is 7.36. The number of hydrogen-bond donors (Lipinski definition) is 0. The first-order chi connectivity index (χ1) is 14.6. The van der Waals surface area contributed by atoms with Gasteiger partial charge in [-0.25, -0.2) is 8.78 Å². The molecule has 0 spiro atoms. The molecule has 0 amide bonds. The Morgan fingerprint density at radius 3 is 2.47 bits per heavy atom. The number of unbranched alkanes of at least 4 members (excludes halogenated alkanes) is 1. The first-order valence-electron chi connectivity index (χ1n) is 11.9. The van der Waals surface area contributed by atoms with Crippen LogP contribution in [0.4, 0.5) is 8.78 Å². The summed E-state index contributed by atoms with van der Waals surface area (Å²) in [6.45, 7) is 4.23. The van der Waals surface area contributed by atoms with E-state index in [1.54, 1.807) is 6.07 Å². The first kappa shape index (κ1) is 21.3. The second-order valence-corrected chi connectivity index (χ2v) is 9.24. The molecule has 0 nitrogen and oxygen atoms in total. The van der Waals surface area contributed by atoms with E-state index in [4.69, 9.17) is 0 Å². The standard InChI is InChI=1S/C28H34F2/c1-3-5-6-19-7-9-21(10-8-19)22-13-15-25(27(29)18-22)23-14-16-26-24(17-23)12-11-20(4-2)28(26)30/h11-15,18-19,21H,3-10,16-17H2,1-2H3. The molecule has 2 aliphatic carbocycles. The third-order valence-electron chi connectivity index (χ3n) is 7.36. The number of aryl methyl sites for hydroxylation is 1. The Morgan fingerprint density at radius 1 is 0.967 bits per heavy atom. The van der Waals surface area contributed by atoms with Gasteiger partial charge in [0.15, 0.2) is 0 Å². The van der Waals surface area contributed by atoms with Gasteiger partial charge in [-0.15, -0.1) is 0 Å². The van der Waals surface area contributed by atoms with E-state index >= 15 is 4.39 Å². The Bertz CT molecular complexity index is 916. The predicted octanol–water partition coefficient (Wildman–Crippen LogP) is 8.17. The number of halogens is 2. The minimum absolute atomic E-state index is 0.0735. The summed E-state index contributed by atoms with van der Waals surface area (Å²) in [5.74, 6) is 1.16. The van der Waals surface area contributed by atoms with Crippen molar-refractivity contribution in [3.63, 3.8) is 0 Å². The lowest BCUT2D eigenvalue weighted by atomic mass is 9.76. The third kappa shape index (κ3) is 4.38. The van der Waals surface area contributed by atoms with Crippen LogP contribution in [-0.4, -0.2) is 0 Å². The van der Waals surface area contributed by atoms with Crippen LogP contribution >= 0.6 is 0 Å². The van der Waals surface area contributed by atoms with Gasteiger partial charge in [0.2, 0.25) is 0 Å². The molecule has 2 heteroatoms. The Balaban J connectivity index is 1.46. The van der Waals surface area contributed by atoms with Crippen LogP contribution in [-0.2, 0) is 19.3 Å². The van der Waals surface area contributed by atoms with Crippen molar-refractivity contribution in [2.45, 2.75) is 84.0 Å². The van der Waals surface area contributed by atoms with Crippen molar-refractivity contribution in [2.75, 3.05) is 0 Å². The summed E-state index contributed by atoms with van der Waals surface area (Å²) >= 11 is 0. The van der Waals surface area contributed by atoms with Crippen LogP contribution in [0.15, 0.2) is 36.4 Å². The predicted molar refractivity (Wildman–Crippen MR) is 122 cm³/mol. The minimum atomic E-state index is -0.124. The Hall–Kier alpha value is -1.96. The average molecular weight is 409 g/mol. The molecule has 0 aliphatic heterocycles. The molecule has 2 aromatic rings. The SMILES string of the molecule is CCCCC1CCC(c2ccc(C3=CCc4c(ccc(CC)c4F)C3)c(F)c2)CC1. The number of fused-ring (bicyclic) bond motifs is 1. The average Bonchev–Trinajstić information content (AvgIpc) is 2.78. The quantitative estimate of drug-likeness (QED) is 0.452. The maximum absolute atomic E-state index is 15.1. The van der Waals surface area contributed by atoms with Gasteiger partial charge in [0.25, 0.3) is 0 Å². The van der Waals surface area contributed by atoms with Crippen molar-refractivity contribution < 1.29 is 8.78 Å². The van der Waals surface area contributed by atoms with E-state index in [-0.39, 0.29) is 11.6 Å². The van der Waals surface area contributed by atoms with Gasteiger partial charge in [-0.2, -0.15) is 0 Å². The molecule has 2 aliphatic rings. The fraction of sp³-hybridized carbons (Fsp3) is 0.500. The molecule has 0 radical (unpaired) electrons. The zero-order valence-electron chi connectivity index (χ0n) is 18.4. The lowest BCUT2D eigenvalue weighted by molar-refractivity contribution is 0.304. The zero-order valence-corrected chi connectivity index (χ0v) is 18.4. The zero-order chi connectivity index (χ0) is 21.1. The van der Waals surface area contributed by atoms with Gasteiger partial charge in [0.1, 0.15) is 11.6 Å². The molecular formula is C28H34F2. The molecule has 1 saturated carbocycles. The van der Waals surface area contributed by atoms with E-state index in [0.717, 1.165) is 33.7 Å². The Labute approximate surface area is 180 Å². The van der Waals surface area contributed by atoms with Crippen molar-refractivity contribution in [1.82, 2.24) is 0 Å². The summed E-state index contributed by atoms with van der Waals surface area (Å²) in [4.78, 5) is 0. The van der Waals surface area contributed by atoms with Gasteiger partial charge >= 0.3 is 0 Å². The van der Waals surface area contributed by atoms with Crippen LogP contribution in [0.5, 0.6) is 0 Å². The number of hydrogen-bond acceptors (Lipinski definition) is 0. The smallest absolute Gasteiger partial charge is 0.130 e. The molecule has 0 heterocycles. The maximum atomic E-state index is 15.1. The van der Waals surface area contributed by atoms with Crippen LogP contribution in [0.25, 0.3) is 5.57 Å². The van der Waals surface area contributed by atoms with Crippen molar-refractivity contribution in [1.29, 1.82) is 0 Å². The molecule has 0 atom stereocenters. The number of rotatable bonds is 6. The minimum Gasteiger partial charge on any atom is -0.206 e. The van der Waals surface area contributed by atoms with E-state index in [2.05, 4.69) is 13.0 Å². The van der Waals surface area contributed by atoms with Gasteiger partial charge in [0.05, 0.1) is 0 Å². The summed E-state index contributed by atoms with van der Waals surface area (Å²) in [6, 6.07) is 9.76. The van der Waals surface area contributed by atoms with Crippen molar-refractivity contribution >= 4 is 5.57 Å². The molecule has 0 saturated heterocycles. The lowest BCUT2D eigenvalue weighted by Gasteiger charge is -2.29. The molecule has 0 unspecified atom stereocenters. The van der Waals surface area contributed by atoms with Crippen LogP contribution < -0.4 is 0 Å². The molecule has 1 fully saturated rings. The van der Waals surface area contributed by atoms with Crippen LogP contribution in [0.1, 0.15) is 92.5 Å². The summed E-state index contributed by atoms with van der Waals surface area (Å²) in [5, 5.41) is 0. The fourth-order valence-corrected chi connectivity index (χ4v) is 5.40. The maximum Gasteiger partial charge on any atom is 0.130 e. The molecular weight excluding hydrogens is 374 g/mol. The normalized spacial score (nSPS) is 21.3. The molecule has 30 heavy (non-hydrogen) atoms. The summed E-state index contributed by atoms with van der Waals surface area (Å²) in [5.41, 5.74) is 5.37. The second-order valence-electron chi connectivity index (χ2n) is 9.24. The highest BCUT2D eigenvalue weighted by Gasteiger charge is 2.24. The summed E-state index contributed by atoms with van der Waals surface area (Å²) < 4.78 is 29.7. The van der Waals surface area contributed by atoms with E-state index in [0.29, 0.717) is 30.7 Å². The Morgan fingerprint density at radius 2 is 1.77 bits per heavy atom. The molecule has 2 aromatic carbocycles. The first-order valence-corrected chi connectivity index (χ1v) is 11.9. The molecule has 160 valence electrons. The highest BCUT2D eigenvalue weighted by molar-refractivity contribution is 5.71. The van der Waals surface area contributed by atoms with Gasteiger partial charge < -0.3 is 0 Å².